The van der Waals surface area contributed by atoms with Crippen molar-refractivity contribution in [3.63, 3.8) is 0 Å². The van der Waals surface area contributed by atoms with E-state index in [1.54, 1.807) is 0 Å². The summed E-state index contributed by atoms with van der Waals surface area (Å²) in [6, 6.07) is 9.08. The quantitative estimate of drug-likeness (QED) is 0.878. The monoisotopic (exact) mass is 258 g/mol. The lowest BCUT2D eigenvalue weighted by Crippen LogP contribution is -2.41. The molecule has 102 valence electrons. The van der Waals surface area contributed by atoms with E-state index < -0.39 is 0 Å². The van der Waals surface area contributed by atoms with E-state index >= 15 is 0 Å². The van der Waals surface area contributed by atoms with Crippen LogP contribution < -0.4 is 5.73 Å². The Morgan fingerprint density at radius 2 is 1.84 bits per heavy atom. The number of hydrogen-bond donors (Lipinski definition) is 1. The van der Waals surface area contributed by atoms with E-state index in [0.29, 0.717) is 11.9 Å². The third-order valence-electron chi connectivity index (χ3n) is 4.75. The van der Waals surface area contributed by atoms with E-state index in [-0.39, 0.29) is 12.0 Å². The van der Waals surface area contributed by atoms with Gasteiger partial charge in [-0.25, -0.2) is 0 Å². The van der Waals surface area contributed by atoms with Crippen LogP contribution in [0.15, 0.2) is 24.3 Å². The minimum absolute atomic E-state index is 0.156. The van der Waals surface area contributed by atoms with Gasteiger partial charge in [-0.15, -0.1) is 0 Å². The van der Waals surface area contributed by atoms with Gasteiger partial charge in [0.2, 0.25) is 5.91 Å². The average Bonchev–Trinajstić information content (AvgIpc) is 3.02. The van der Waals surface area contributed by atoms with E-state index in [1.165, 1.54) is 11.1 Å². The van der Waals surface area contributed by atoms with Crippen LogP contribution in [-0.2, 0) is 17.6 Å². The van der Waals surface area contributed by atoms with Gasteiger partial charge in [0.25, 0.3) is 0 Å². The SMILES string of the molecule is CN(C(=O)C1CCC(N)C1)C1Cc2ccccc2C1. The summed E-state index contributed by atoms with van der Waals surface area (Å²) < 4.78 is 0. The third kappa shape index (κ3) is 2.39. The predicted molar refractivity (Wildman–Crippen MR) is 75.7 cm³/mol. The Morgan fingerprint density at radius 1 is 1.21 bits per heavy atom. The molecule has 2 N–H and O–H groups in total. The van der Waals surface area contributed by atoms with Crippen LogP contribution in [0.5, 0.6) is 0 Å². The van der Waals surface area contributed by atoms with E-state index in [0.717, 1.165) is 32.1 Å². The predicted octanol–water partition coefficient (Wildman–Crippen LogP) is 1.74. The Kier molecular flexibility index (Phi) is 3.31. The summed E-state index contributed by atoms with van der Waals surface area (Å²) in [5.74, 6) is 0.453. The van der Waals surface area contributed by atoms with Crippen LogP contribution in [-0.4, -0.2) is 29.9 Å². The molecule has 1 aromatic carbocycles. The van der Waals surface area contributed by atoms with Crippen molar-refractivity contribution in [3.05, 3.63) is 35.4 Å². The maximum atomic E-state index is 12.5. The minimum atomic E-state index is 0.156. The van der Waals surface area contributed by atoms with Crippen molar-refractivity contribution >= 4 is 5.91 Å². The first-order chi connectivity index (χ1) is 9.15. The van der Waals surface area contributed by atoms with Crippen LogP contribution in [0.3, 0.4) is 0 Å². The molecule has 2 atom stereocenters. The lowest BCUT2D eigenvalue weighted by atomic mass is 10.0. The maximum Gasteiger partial charge on any atom is 0.225 e. The van der Waals surface area contributed by atoms with Gasteiger partial charge in [0, 0.05) is 25.0 Å². The van der Waals surface area contributed by atoms with Crippen molar-refractivity contribution < 1.29 is 4.79 Å². The molecule has 3 heteroatoms. The summed E-state index contributed by atoms with van der Waals surface area (Å²) in [6.45, 7) is 0. The molecule has 1 aromatic rings. The lowest BCUT2D eigenvalue weighted by Gasteiger charge is -2.27. The molecule has 0 radical (unpaired) electrons. The van der Waals surface area contributed by atoms with Crippen molar-refractivity contribution in [2.75, 3.05) is 7.05 Å². The first-order valence-corrected chi connectivity index (χ1v) is 7.24. The fourth-order valence-electron chi connectivity index (χ4n) is 3.52. The average molecular weight is 258 g/mol. The summed E-state index contributed by atoms with van der Waals surface area (Å²) in [4.78, 5) is 14.5. The molecule has 19 heavy (non-hydrogen) atoms. The summed E-state index contributed by atoms with van der Waals surface area (Å²) in [5, 5.41) is 0. The zero-order valence-electron chi connectivity index (χ0n) is 11.5. The van der Waals surface area contributed by atoms with Crippen molar-refractivity contribution in [1.29, 1.82) is 0 Å². The Labute approximate surface area is 114 Å². The second-order valence-corrected chi connectivity index (χ2v) is 6.05. The molecule has 0 spiro atoms. The molecular weight excluding hydrogens is 236 g/mol. The Hall–Kier alpha value is -1.35. The molecule has 0 bridgehead atoms. The van der Waals surface area contributed by atoms with Gasteiger partial charge < -0.3 is 10.6 Å². The molecule has 3 nitrogen and oxygen atoms in total. The smallest absolute Gasteiger partial charge is 0.225 e. The van der Waals surface area contributed by atoms with Crippen molar-refractivity contribution in [2.24, 2.45) is 11.7 Å². The molecule has 0 heterocycles. The highest BCUT2D eigenvalue weighted by Gasteiger charge is 2.34. The van der Waals surface area contributed by atoms with Gasteiger partial charge in [0.1, 0.15) is 0 Å². The van der Waals surface area contributed by atoms with Crippen LogP contribution in [0.4, 0.5) is 0 Å². The number of carbonyl (C=O) groups is 1. The van der Waals surface area contributed by atoms with E-state index in [1.807, 2.05) is 11.9 Å². The molecule has 3 rings (SSSR count). The fraction of sp³-hybridized carbons (Fsp3) is 0.562. The number of likely N-dealkylation sites (N-methyl/N-ethyl adjacent to an activating group) is 1. The largest absolute Gasteiger partial charge is 0.342 e. The molecule has 1 amide bonds. The first kappa shape index (κ1) is 12.7. The number of hydrogen-bond acceptors (Lipinski definition) is 2. The van der Waals surface area contributed by atoms with Crippen LogP contribution in [0, 0.1) is 5.92 Å². The van der Waals surface area contributed by atoms with E-state index in [4.69, 9.17) is 5.73 Å². The standard InChI is InChI=1S/C16H22N2O/c1-18(16(19)13-6-7-14(17)8-13)15-9-11-4-2-3-5-12(11)10-15/h2-5,13-15H,6-10,17H2,1H3. The van der Waals surface area contributed by atoms with Crippen LogP contribution in [0.2, 0.25) is 0 Å². The van der Waals surface area contributed by atoms with E-state index in [2.05, 4.69) is 24.3 Å². The topological polar surface area (TPSA) is 46.3 Å². The number of nitrogens with zero attached hydrogens (tertiary/aromatic N) is 1. The molecule has 0 saturated heterocycles. The minimum Gasteiger partial charge on any atom is -0.342 e. The van der Waals surface area contributed by atoms with Gasteiger partial charge in [-0.2, -0.15) is 0 Å². The molecule has 1 fully saturated rings. The van der Waals surface area contributed by atoms with Gasteiger partial charge in [-0.3, -0.25) is 4.79 Å². The highest BCUT2D eigenvalue weighted by atomic mass is 16.2. The molecular formula is C16H22N2O. The molecule has 2 unspecified atom stereocenters. The van der Waals surface area contributed by atoms with Gasteiger partial charge in [-0.05, 0) is 43.2 Å². The summed E-state index contributed by atoms with van der Waals surface area (Å²) >= 11 is 0. The first-order valence-electron chi connectivity index (χ1n) is 7.24. The Morgan fingerprint density at radius 3 is 2.37 bits per heavy atom. The number of nitrogens with two attached hydrogens (primary N) is 1. The van der Waals surface area contributed by atoms with Crippen LogP contribution in [0.25, 0.3) is 0 Å². The summed E-state index contributed by atoms with van der Waals surface area (Å²) in [6.07, 6.45) is 4.82. The zero-order valence-corrected chi connectivity index (χ0v) is 11.5. The van der Waals surface area contributed by atoms with Crippen LogP contribution >= 0.6 is 0 Å². The Bertz CT molecular complexity index is 460. The van der Waals surface area contributed by atoms with Gasteiger partial charge in [0.15, 0.2) is 0 Å². The second-order valence-electron chi connectivity index (χ2n) is 6.05. The summed E-state index contributed by atoms with van der Waals surface area (Å²) in [5.41, 5.74) is 8.71. The van der Waals surface area contributed by atoms with Gasteiger partial charge in [-0.1, -0.05) is 24.3 Å². The maximum absolute atomic E-state index is 12.5. The molecule has 1 saturated carbocycles. The van der Waals surface area contributed by atoms with Gasteiger partial charge >= 0.3 is 0 Å². The van der Waals surface area contributed by atoms with Crippen molar-refractivity contribution in [2.45, 2.75) is 44.2 Å². The number of benzene rings is 1. The zero-order chi connectivity index (χ0) is 13.4. The molecule has 0 aromatic heterocycles. The van der Waals surface area contributed by atoms with E-state index in [9.17, 15) is 4.79 Å². The molecule has 2 aliphatic carbocycles. The van der Waals surface area contributed by atoms with Crippen LogP contribution in [0.1, 0.15) is 30.4 Å². The second kappa shape index (κ2) is 4.97. The Balaban J connectivity index is 1.66. The highest BCUT2D eigenvalue weighted by molar-refractivity contribution is 5.79. The number of amides is 1. The lowest BCUT2D eigenvalue weighted by molar-refractivity contribution is -0.136. The highest BCUT2D eigenvalue weighted by Crippen LogP contribution is 2.29. The number of fused-ring (bicyclic) bond motifs is 1. The van der Waals surface area contributed by atoms with Gasteiger partial charge in [0.05, 0.1) is 0 Å². The molecule has 2 aliphatic rings. The normalized spacial score (nSPS) is 26.4. The number of carbonyl (C=O) groups excluding carboxylic acids is 1. The third-order valence-corrected chi connectivity index (χ3v) is 4.75. The summed E-state index contributed by atoms with van der Waals surface area (Å²) in [7, 11) is 1.96. The molecule has 0 aliphatic heterocycles. The van der Waals surface area contributed by atoms with Crippen molar-refractivity contribution in [1.82, 2.24) is 4.90 Å². The number of rotatable bonds is 2. The fourth-order valence-corrected chi connectivity index (χ4v) is 3.52. The van der Waals surface area contributed by atoms with Crippen molar-refractivity contribution in [3.8, 4) is 0 Å².